The Labute approximate surface area is 102 Å². The average Bonchev–Trinajstić information content (AvgIpc) is 2.39. The number of carboxylic acids is 1. The first-order chi connectivity index (χ1) is 8.18. The Kier molecular flexibility index (Phi) is 3.79. The maximum Gasteiger partial charge on any atom is 0.335 e. The van der Waals surface area contributed by atoms with Crippen LogP contribution in [0, 0.1) is 5.92 Å². The molecule has 3 heteroatoms. The zero-order valence-electron chi connectivity index (χ0n) is 10.1. The standard InChI is InChI=1S/C14H19NO2/c1-10(11-5-7-15-8-6-11)12-3-2-4-13(9-12)14(16)17/h2-4,9-11,15H,5-8H2,1H3,(H,16,17). The summed E-state index contributed by atoms with van der Waals surface area (Å²) in [4.78, 5) is 10.9. The maximum absolute atomic E-state index is 10.9. The van der Waals surface area contributed by atoms with Crippen molar-refractivity contribution in [3.63, 3.8) is 0 Å². The molecule has 1 aliphatic rings. The van der Waals surface area contributed by atoms with E-state index < -0.39 is 5.97 Å². The molecular weight excluding hydrogens is 214 g/mol. The zero-order chi connectivity index (χ0) is 12.3. The number of carbonyl (C=O) groups is 1. The second-order valence-corrected chi connectivity index (χ2v) is 4.81. The molecule has 0 spiro atoms. The molecule has 92 valence electrons. The maximum atomic E-state index is 10.9. The van der Waals surface area contributed by atoms with Gasteiger partial charge in [-0.2, -0.15) is 0 Å². The third kappa shape index (κ3) is 2.86. The van der Waals surface area contributed by atoms with E-state index in [1.165, 1.54) is 12.8 Å². The van der Waals surface area contributed by atoms with Crippen LogP contribution in [0.3, 0.4) is 0 Å². The first-order valence-electron chi connectivity index (χ1n) is 6.22. The van der Waals surface area contributed by atoms with Crippen molar-refractivity contribution in [2.24, 2.45) is 5.92 Å². The van der Waals surface area contributed by atoms with Crippen molar-refractivity contribution in [2.45, 2.75) is 25.7 Å². The number of aromatic carboxylic acids is 1. The minimum atomic E-state index is -0.843. The lowest BCUT2D eigenvalue weighted by molar-refractivity contribution is 0.0696. The first-order valence-corrected chi connectivity index (χ1v) is 6.22. The molecule has 1 aromatic rings. The Morgan fingerprint density at radius 3 is 2.76 bits per heavy atom. The van der Waals surface area contributed by atoms with Crippen molar-refractivity contribution >= 4 is 5.97 Å². The summed E-state index contributed by atoms with van der Waals surface area (Å²) < 4.78 is 0. The van der Waals surface area contributed by atoms with Crippen LogP contribution in [0.25, 0.3) is 0 Å². The van der Waals surface area contributed by atoms with E-state index in [4.69, 9.17) is 5.11 Å². The quantitative estimate of drug-likeness (QED) is 0.843. The van der Waals surface area contributed by atoms with E-state index in [0.29, 0.717) is 17.4 Å². The fourth-order valence-corrected chi connectivity index (χ4v) is 2.57. The number of carboxylic acid groups (broad SMARTS) is 1. The minimum absolute atomic E-state index is 0.392. The molecule has 1 atom stereocenters. The second kappa shape index (κ2) is 5.32. The normalized spacial score (nSPS) is 18.9. The van der Waals surface area contributed by atoms with Crippen molar-refractivity contribution in [3.05, 3.63) is 35.4 Å². The van der Waals surface area contributed by atoms with Crippen molar-refractivity contribution in [2.75, 3.05) is 13.1 Å². The van der Waals surface area contributed by atoms with E-state index in [9.17, 15) is 4.79 Å². The summed E-state index contributed by atoms with van der Waals surface area (Å²) in [6, 6.07) is 7.35. The van der Waals surface area contributed by atoms with Crippen molar-refractivity contribution in [1.29, 1.82) is 0 Å². The molecule has 3 nitrogen and oxygen atoms in total. The van der Waals surface area contributed by atoms with Gasteiger partial charge in [0, 0.05) is 0 Å². The van der Waals surface area contributed by atoms with E-state index in [1.807, 2.05) is 18.2 Å². The third-order valence-electron chi connectivity index (χ3n) is 3.75. The molecular formula is C14H19NO2. The molecule has 1 heterocycles. The summed E-state index contributed by atoms with van der Waals surface area (Å²) in [6.45, 7) is 4.36. The highest BCUT2D eigenvalue weighted by Crippen LogP contribution is 2.30. The molecule has 0 radical (unpaired) electrons. The van der Waals surface area contributed by atoms with Crippen LogP contribution in [0.4, 0.5) is 0 Å². The lowest BCUT2D eigenvalue weighted by Crippen LogP contribution is -2.30. The fourth-order valence-electron chi connectivity index (χ4n) is 2.57. The molecule has 1 unspecified atom stereocenters. The van der Waals surface area contributed by atoms with Crippen LogP contribution in [0.1, 0.15) is 41.6 Å². The van der Waals surface area contributed by atoms with Crippen LogP contribution in [0.5, 0.6) is 0 Å². The summed E-state index contributed by atoms with van der Waals surface area (Å²) in [6.07, 6.45) is 2.36. The van der Waals surface area contributed by atoms with Gasteiger partial charge in [-0.05, 0) is 55.5 Å². The van der Waals surface area contributed by atoms with Crippen molar-refractivity contribution in [1.82, 2.24) is 5.32 Å². The molecule has 0 aromatic heterocycles. The Balaban J connectivity index is 2.14. The highest BCUT2D eigenvalue weighted by Gasteiger charge is 2.21. The fraction of sp³-hybridized carbons (Fsp3) is 0.500. The SMILES string of the molecule is CC(c1cccc(C(=O)O)c1)C1CCNCC1. The molecule has 1 aliphatic heterocycles. The summed E-state index contributed by atoms with van der Waals surface area (Å²) in [5.74, 6) is 0.265. The van der Waals surface area contributed by atoms with Gasteiger partial charge in [-0.25, -0.2) is 4.79 Å². The molecule has 0 bridgehead atoms. The predicted octanol–water partition coefficient (Wildman–Crippen LogP) is 2.49. The van der Waals surface area contributed by atoms with Crippen LogP contribution in [-0.4, -0.2) is 24.2 Å². The van der Waals surface area contributed by atoms with Crippen molar-refractivity contribution < 1.29 is 9.90 Å². The number of benzene rings is 1. The monoisotopic (exact) mass is 233 g/mol. The highest BCUT2D eigenvalue weighted by molar-refractivity contribution is 5.87. The Morgan fingerprint density at radius 1 is 1.41 bits per heavy atom. The summed E-state index contributed by atoms with van der Waals surface area (Å²) in [7, 11) is 0. The van der Waals surface area contributed by atoms with E-state index in [1.54, 1.807) is 6.07 Å². The summed E-state index contributed by atoms with van der Waals surface area (Å²) in [5, 5.41) is 12.3. The molecule has 0 saturated carbocycles. The van der Waals surface area contributed by atoms with Crippen LogP contribution >= 0.6 is 0 Å². The lowest BCUT2D eigenvalue weighted by Gasteiger charge is -2.28. The average molecular weight is 233 g/mol. The van der Waals surface area contributed by atoms with Gasteiger partial charge >= 0.3 is 5.97 Å². The molecule has 17 heavy (non-hydrogen) atoms. The highest BCUT2D eigenvalue weighted by atomic mass is 16.4. The van der Waals surface area contributed by atoms with Crippen LogP contribution in [0.2, 0.25) is 0 Å². The van der Waals surface area contributed by atoms with Gasteiger partial charge in [-0.1, -0.05) is 19.1 Å². The van der Waals surface area contributed by atoms with Gasteiger partial charge in [0.2, 0.25) is 0 Å². The molecule has 0 amide bonds. The summed E-state index contributed by atoms with van der Waals surface area (Å²) in [5.41, 5.74) is 1.54. The Bertz CT molecular complexity index is 397. The molecule has 1 fully saturated rings. The molecule has 2 N–H and O–H groups in total. The number of piperidine rings is 1. The first kappa shape index (κ1) is 12.1. The Hall–Kier alpha value is -1.35. The zero-order valence-corrected chi connectivity index (χ0v) is 10.1. The number of rotatable bonds is 3. The van der Waals surface area contributed by atoms with Gasteiger partial charge in [-0.3, -0.25) is 0 Å². The van der Waals surface area contributed by atoms with Crippen LogP contribution < -0.4 is 5.32 Å². The van der Waals surface area contributed by atoms with Crippen LogP contribution in [-0.2, 0) is 0 Å². The van der Waals surface area contributed by atoms with E-state index in [-0.39, 0.29) is 0 Å². The largest absolute Gasteiger partial charge is 0.478 e. The van der Waals surface area contributed by atoms with Gasteiger partial charge in [0.1, 0.15) is 0 Å². The van der Waals surface area contributed by atoms with Gasteiger partial charge < -0.3 is 10.4 Å². The number of nitrogens with one attached hydrogen (secondary N) is 1. The van der Waals surface area contributed by atoms with Gasteiger partial charge in [-0.15, -0.1) is 0 Å². The van der Waals surface area contributed by atoms with Crippen LogP contribution in [0.15, 0.2) is 24.3 Å². The van der Waals surface area contributed by atoms with E-state index >= 15 is 0 Å². The molecule has 0 aliphatic carbocycles. The topological polar surface area (TPSA) is 49.3 Å². The van der Waals surface area contributed by atoms with Gasteiger partial charge in [0.25, 0.3) is 0 Å². The lowest BCUT2D eigenvalue weighted by atomic mass is 9.81. The minimum Gasteiger partial charge on any atom is -0.478 e. The third-order valence-corrected chi connectivity index (χ3v) is 3.75. The number of hydrogen-bond acceptors (Lipinski definition) is 2. The van der Waals surface area contributed by atoms with Gasteiger partial charge in [0.15, 0.2) is 0 Å². The smallest absolute Gasteiger partial charge is 0.335 e. The molecule has 2 rings (SSSR count). The Morgan fingerprint density at radius 2 is 2.12 bits per heavy atom. The summed E-state index contributed by atoms with van der Waals surface area (Å²) >= 11 is 0. The van der Waals surface area contributed by atoms with Crippen molar-refractivity contribution in [3.8, 4) is 0 Å². The van der Waals surface area contributed by atoms with E-state index in [0.717, 1.165) is 18.7 Å². The number of hydrogen-bond donors (Lipinski definition) is 2. The van der Waals surface area contributed by atoms with Gasteiger partial charge in [0.05, 0.1) is 5.56 Å². The molecule has 1 saturated heterocycles. The van der Waals surface area contributed by atoms with E-state index in [2.05, 4.69) is 12.2 Å². The second-order valence-electron chi connectivity index (χ2n) is 4.81. The molecule has 1 aromatic carbocycles. The predicted molar refractivity (Wildman–Crippen MR) is 67.4 cm³/mol.